The average molecular weight is 293 g/mol. The molecule has 0 radical (unpaired) electrons. The fourth-order valence-electron chi connectivity index (χ4n) is 2.44. The Balaban J connectivity index is 1.84. The highest BCUT2D eigenvalue weighted by Gasteiger charge is 2.24. The van der Waals surface area contributed by atoms with E-state index in [-0.39, 0.29) is 5.91 Å². The van der Waals surface area contributed by atoms with Crippen LogP contribution in [0.3, 0.4) is 0 Å². The normalized spacial score (nSPS) is 16.5. The zero-order chi connectivity index (χ0) is 14.2. The molecule has 21 heavy (non-hydrogen) atoms. The van der Waals surface area contributed by atoms with E-state index >= 15 is 0 Å². The van der Waals surface area contributed by atoms with Gasteiger partial charge in [-0.25, -0.2) is 5.43 Å². The Morgan fingerprint density at radius 3 is 2.90 bits per heavy atom. The minimum Gasteiger partial charge on any atom is -0.361 e. The summed E-state index contributed by atoms with van der Waals surface area (Å²) in [4.78, 5) is 16.2. The van der Waals surface area contributed by atoms with Gasteiger partial charge < -0.3 is 4.98 Å². The van der Waals surface area contributed by atoms with Crippen molar-refractivity contribution in [2.45, 2.75) is 0 Å². The molecule has 0 unspecified atom stereocenters. The number of H-pyrrole nitrogens is 1. The summed E-state index contributed by atoms with van der Waals surface area (Å²) in [6.45, 7) is 0. The van der Waals surface area contributed by atoms with E-state index in [2.05, 4.69) is 15.5 Å². The van der Waals surface area contributed by atoms with E-state index < -0.39 is 0 Å². The molecule has 102 valence electrons. The maximum Gasteiger partial charge on any atom is 0.273 e. The zero-order valence-electron chi connectivity index (χ0n) is 11.0. The van der Waals surface area contributed by atoms with Crippen LogP contribution in [0.15, 0.2) is 58.6 Å². The molecule has 0 saturated heterocycles. The number of hydrogen-bond acceptors (Lipinski definition) is 3. The molecule has 1 amide bonds. The number of carbonyl (C=O) groups excluding carboxylic acids is 1. The van der Waals surface area contributed by atoms with Crippen LogP contribution in [0.1, 0.15) is 10.4 Å². The van der Waals surface area contributed by atoms with E-state index in [4.69, 9.17) is 0 Å². The number of amides is 1. The lowest BCUT2D eigenvalue weighted by Crippen LogP contribution is -2.13. The number of aromatic amines is 1. The van der Waals surface area contributed by atoms with Crippen molar-refractivity contribution in [3.8, 4) is 0 Å². The van der Waals surface area contributed by atoms with E-state index in [1.54, 1.807) is 11.3 Å². The number of thiophene rings is 1. The molecule has 4 nitrogen and oxygen atoms in total. The molecule has 5 heteroatoms. The van der Waals surface area contributed by atoms with E-state index in [0.29, 0.717) is 11.3 Å². The Labute approximate surface area is 124 Å². The first-order chi connectivity index (χ1) is 10.3. The Bertz CT molecular complexity index is 887. The van der Waals surface area contributed by atoms with Gasteiger partial charge in [0.1, 0.15) is 5.71 Å². The Morgan fingerprint density at radius 2 is 2.05 bits per heavy atom. The molecule has 3 aromatic rings. The van der Waals surface area contributed by atoms with Gasteiger partial charge in [0.15, 0.2) is 0 Å². The Hall–Kier alpha value is -2.66. The summed E-state index contributed by atoms with van der Waals surface area (Å²) in [6, 6.07) is 11.9. The van der Waals surface area contributed by atoms with E-state index in [1.165, 1.54) is 0 Å². The van der Waals surface area contributed by atoms with E-state index in [0.717, 1.165) is 21.3 Å². The second kappa shape index (κ2) is 4.71. The summed E-state index contributed by atoms with van der Waals surface area (Å²) < 4.78 is 0. The third kappa shape index (κ3) is 1.98. The lowest BCUT2D eigenvalue weighted by molar-refractivity contribution is -0.116. The highest BCUT2D eigenvalue weighted by molar-refractivity contribution is 7.12. The second-order valence-electron chi connectivity index (χ2n) is 4.73. The van der Waals surface area contributed by atoms with Crippen molar-refractivity contribution in [2.24, 2.45) is 5.10 Å². The minimum atomic E-state index is -0.163. The molecule has 0 fully saturated rings. The smallest absolute Gasteiger partial charge is 0.273 e. The van der Waals surface area contributed by atoms with E-state index in [1.807, 2.05) is 54.1 Å². The molecule has 1 aliphatic heterocycles. The molecule has 1 aliphatic rings. The third-order valence-corrected chi connectivity index (χ3v) is 4.32. The van der Waals surface area contributed by atoms with Gasteiger partial charge in [0.2, 0.25) is 0 Å². The van der Waals surface area contributed by atoms with Crippen LogP contribution in [0.4, 0.5) is 0 Å². The molecule has 0 atom stereocenters. The first-order valence-electron chi connectivity index (χ1n) is 6.53. The lowest BCUT2D eigenvalue weighted by atomic mass is 10.1. The summed E-state index contributed by atoms with van der Waals surface area (Å²) in [7, 11) is 0. The number of fused-ring (bicyclic) bond motifs is 1. The van der Waals surface area contributed by atoms with Gasteiger partial charge in [-0.15, -0.1) is 11.3 Å². The first kappa shape index (κ1) is 12.1. The van der Waals surface area contributed by atoms with Crippen LogP contribution < -0.4 is 5.43 Å². The summed E-state index contributed by atoms with van der Waals surface area (Å²) in [5.41, 5.74) is 5.89. The predicted molar refractivity (Wildman–Crippen MR) is 85.3 cm³/mol. The maximum atomic E-state index is 12.0. The number of nitrogens with one attached hydrogen (secondary N) is 2. The van der Waals surface area contributed by atoms with Crippen LogP contribution in [0.25, 0.3) is 17.0 Å². The molecule has 0 spiro atoms. The zero-order valence-corrected chi connectivity index (χ0v) is 11.8. The largest absolute Gasteiger partial charge is 0.361 e. The molecular formula is C16H11N3OS. The van der Waals surface area contributed by atoms with Gasteiger partial charge in [0.05, 0.1) is 10.5 Å². The molecule has 0 bridgehead atoms. The first-order valence-corrected chi connectivity index (χ1v) is 7.41. The minimum absolute atomic E-state index is 0.163. The third-order valence-electron chi connectivity index (χ3n) is 3.44. The van der Waals surface area contributed by atoms with Gasteiger partial charge in [0, 0.05) is 22.7 Å². The second-order valence-corrected chi connectivity index (χ2v) is 5.67. The van der Waals surface area contributed by atoms with Crippen molar-refractivity contribution in [1.29, 1.82) is 0 Å². The number of rotatable bonds is 2. The summed E-state index contributed by atoms with van der Waals surface area (Å²) in [5.74, 6) is -0.163. The van der Waals surface area contributed by atoms with Gasteiger partial charge in [-0.2, -0.15) is 5.10 Å². The number of benzene rings is 1. The summed E-state index contributed by atoms with van der Waals surface area (Å²) in [5, 5.41) is 7.22. The molecule has 2 N–H and O–H groups in total. The van der Waals surface area contributed by atoms with Gasteiger partial charge in [-0.3, -0.25) is 4.79 Å². The molecule has 2 aromatic heterocycles. The van der Waals surface area contributed by atoms with E-state index in [9.17, 15) is 4.79 Å². The highest BCUT2D eigenvalue weighted by Crippen LogP contribution is 2.24. The Morgan fingerprint density at radius 1 is 1.14 bits per heavy atom. The van der Waals surface area contributed by atoms with Crippen molar-refractivity contribution in [3.63, 3.8) is 0 Å². The molecule has 0 saturated carbocycles. The fraction of sp³-hybridized carbons (Fsp3) is 0. The lowest BCUT2D eigenvalue weighted by Gasteiger charge is -1.98. The van der Waals surface area contributed by atoms with Gasteiger partial charge in [-0.05, 0) is 23.6 Å². The van der Waals surface area contributed by atoms with Crippen molar-refractivity contribution in [2.75, 3.05) is 0 Å². The molecule has 4 rings (SSSR count). The van der Waals surface area contributed by atoms with Crippen LogP contribution >= 0.6 is 11.3 Å². The molecule has 0 aliphatic carbocycles. The van der Waals surface area contributed by atoms with Crippen molar-refractivity contribution in [3.05, 3.63) is 64.0 Å². The number of aromatic nitrogens is 1. The predicted octanol–water partition coefficient (Wildman–Crippen LogP) is 3.15. The van der Waals surface area contributed by atoms with Crippen LogP contribution in [0.5, 0.6) is 0 Å². The number of hydrazone groups is 1. The van der Waals surface area contributed by atoms with Crippen LogP contribution in [-0.4, -0.2) is 16.6 Å². The topological polar surface area (TPSA) is 57.2 Å². The van der Waals surface area contributed by atoms with Crippen LogP contribution in [-0.2, 0) is 4.79 Å². The van der Waals surface area contributed by atoms with Crippen molar-refractivity contribution < 1.29 is 4.79 Å². The number of para-hydroxylation sites is 1. The van der Waals surface area contributed by atoms with Crippen LogP contribution in [0, 0.1) is 0 Å². The molecular weight excluding hydrogens is 282 g/mol. The van der Waals surface area contributed by atoms with Crippen molar-refractivity contribution in [1.82, 2.24) is 10.4 Å². The molecule has 1 aromatic carbocycles. The quantitative estimate of drug-likeness (QED) is 0.701. The van der Waals surface area contributed by atoms with Crippen LogP contribution in [0.2, 0.25) is 0 Å². The number of carbonyl (C=O) groups is 1. The fourth-order valence-corrected chi connectivity index (χ4v) is 3.17. The van der Waals surface area contributed by atoms with Gasteiger partial charge in [0.25, 0.3) is 5.91 Å². The maximum absolute atomic E-state index is 12.0. The summed E-state index contributed by atoms with van der Waals surface area (Å²) in [6.07, 6.45) is 3.80. The Kier molecular flexibility index (Phi) is 2.72. The average Bonchev–Trinajstić information content (AvgIpc) is 3.21. The monoisotopic (exact) mass is 293 g/mol. The van der Waals surface area contributed by atoms with Gasteiger partial charge in [-0.1, -0.05) is 24.3 Å². The summed E-state index contributed by atoms with van der Waals surface area (Å²) >= 11 is 1.57. The van der Waals surface area contributed by atoms with Crippen molar-refractivity contribution >= 4 is 39.9 Å². The standard InChI is InChI=1S/C16H11N3OS/c20-16-12(15(18-19-16)14-6-3-7-21-14)8-10-9-17-13-5-2-1-4-11(10)13/h1-9,17H,(H,19,20)/b12-8-. The number of hydrogen-bond donors (Lipinski definition) is 2. The van der Waals surface area contributed by atoms with Gasteiger partial charge >= 0.3 is 0 Å². The highest BCUT2D eigenvalue weighted by atomic mass is 32.1. The molecule has 3 heterocycles. The number of nitrogens with zero attached hydrogens (tertiary/aromatic N) is 1. The SMILES string of the molecule is O=C1NN=C(c2cccs2)/C1=C/c1c[nH]c2ccccc12.